The lowest BCUT2D eigenvalue weighted by Gasteiger charge is -2.40. The van der Waals surface area contributed by atoms with Gasteiger partial charge in [0.15, 0.2) is 17.5 Å². The summed E-state index contributed by atoms with van der Waals surface area (Å²) >= 11 is 0. The maximum absolute atomic E-state index is 14.3. The van der Waals surface area contributed by atoms with E-state index < -0.39 is 65.9 Å². The van der Waals surface area contributed by atoms with Crippen LogP contribution < -0.4 is 0 Å². The Balaban J connectivity index is 1.87. The van der Waals surface area contributed by atoms with Gasteiger partial charge in [0.2, 0.25) is 11.7 Å². The summed E-state index contributed by atoms with van der Waals surface area (Å²) in [4.78, 5) is 27.2. The number of aromatic nitrogens is 3. The highest BCUT2D eigenvalue weighted by Crippen LogP contribution is 2.30. The Morgan fingerprint density at radius 2 is 1.69 bits per heavy atom. The van der Waals surface area contributed by atoms with Crippen molar-refractivity contribution in [3.8, 4) is 0 Å². The van der Waals surface area contributed by atoms with E-state index >= 15 is 0 Å². The quantitative estimate of drug-likeness (QED) is 0.491. The minimum Gasteiger partial charge on any atom is -0.465 e. The van der Waals surface area contributed by atoms with Crippen LogP contribution in [0.5, 0.6) is 0 Å². The molecule has 0 spiro atoms. The molecule has 1 N–H and O–H groups in total. The fraction of sp³-hybridized carbons (Fsp3) is 0.524. The Labute approximate surface area is 196 Å². The van der Waals surface area contributed by atoms with Crippen molar-refractivity contribution >= 4 is 12.0 Å². The molecule has 1 aliphatic rings. The average molecular weight is 507 g/mol. The van der Waals surface area contributed by atoms with E-state index in [0.29, 0.717) is 12.1 Å². The second-order valence-corrected chi connectivity index (χ2v) is 9.15. The summed E-state index contributed by atoms with van der Waals surface area (Å²) in [5.74, 6) is -5.76. The predicted molar refractivity (Wildman–Crippen MR) is 108 cm³/mol. The number of hydrogen-bond acceptors (Lipinski definition) is 4. The molecule has 0 aliphatic carbocycles. The van der Waals surface area contributed by atoms with Crippen LogP contribution in [0.1, 0.15) is 44.4 Å². The van der Waals surface area contributed by atoms with Crippen molar-refractivity contribution < 1.29 is 41.0 Å². The third-order valence-electron chi connectivity index (χ3n) is 5.61. The van der Waals surface area contributed by atoms with Crippen LogP contribution in [0.3, 0.4) is 0 Å². The number of carbonyl (C=O) groups excluding carboxylic acids is 1. The first kappa shape index (κ1) is 26.3. The molecule has 192 valence electrons. The van der Waals surface area contributed by atoms with Crippen LogP contribution in [0.4, 0.5) is 31.1 Å². The first-order chi connectivity index (χ1) is 16.1. The normalized spacial score (nSPS) is 15.1. The van der Waals surface area contributed by atoms with E-state index in [1.54, 1.807) is 20.8 Å². The molecule has 1 aromatic heterocycles. The van der Waals surface area contributed by atoms with E-state index in [9.17, 15) is 41.0 Å². The fourth-order valence-electron chi connectivity index (χ4n) is 4.13. The Hall–Kier alpha value is -3.32. The standard InChI is InChI=1S/C21H23F6N5O3/c1-20(2,3)32(19(34)35)12(6-11-7-14(23)15(24)9-13(11)22)8-17(33)30-4-5-31-16(10-30)28-29-18(31)21(25,26)27/h7,9,12H,4-6,8,10H2,1-3H3,(H,34,35)/t12-/m1/s1. The van der Waals surface area contributed by atoms with Crippen molar-refractivity contribution in [2.75, 3.05) is 6.54 Å². The number of alkyl halides is 3. The van der Waals surface area contributed by atoms with Gasteiger partial charge in [0.25, 0.3) is 0 Å². The molecule has 0 saturated heterocycles. The molecule has 0 fully saturated rings. The summed E-state index contributed by atoms with van der Waals surface area (Å²) in [6.07, 6.45) is -7.07. The van der Waals surface area contributed by atoms with Gasteiger partial charge in [0.05, 0.1) is 6.54 Å². The molecule has 2 amide bonds. The summed E-state index contributed by atoms with van der Waals surface area (Å²) in [5.41, 5.74) is -1.39. The van der Waals surface area contributed by atoms with Crippen molar-refractivity contribution in [2.45, 2.75) is 64.5 Å². The minimum absolute atomic E-state index is 0.0916. The largest absolute Gasteiger partial charge is 0.465 e. The second-order valence-electron chi connectivity index (χ2n) is 9.15. The van der Waals surface area contributed by atoms with Crippen LogP contribution >= 0.6 is 0 Å². The lowest BCUT2D eigenvalue weighted by Crippen LogP contribution is -2.54. The Kier molecular flexibility index (Phi) is 7.04. The highest BCUT2D eigenvalue weighted by Gasteiger charge is 2.41. The number of rotatable bonds is 5. The molecule has 3 rings (SSSR count). The molecule has 0 saturated carbocycles. The van der Waals surface area contributed by atoms with Crippen LogP contribution in [-0.4, -0.2) is 59.8 Å². The van der Waals surface area contributed by atoms with Gasteiger partial charge in [0, 0.05) is 37.2 Å². The SMILES string of the molecule is CC(C)(C)N(C(=O)O)[C@@H](CC(=O)N1CCn2c(nnc2C(F)(F)F)C1)Cc1cc(F)c(F)cc1F. The van der Waals surface area contributed by atoms with Crippen LogP contribution in [0.2, 0.25) is 0 Å². The van der Waals surface area contributed by atoms with Crippen molar-refractivity contribution in [1.82, 2.24) is 24.6 Å². The summed E-state index contributed by atoms with van der Waals surface area (Å²) in [5, 5.41) is 16.5. The number of amides is 2. The van der Waals surface area contributed by atoms with Gasteiger partial charge in [-0.25, -0.2) is 18.0 Å². The van der Waals surface area contributed by atoms with Crippen LogP contribution in [0.15, 0.2) is 12.1 Å². The summed E-state index contributed by atoms with van der Waals surface area (Å²) in [6.45, 7) is 3.98. The number of fused-ring (bicyclic) bond motifs is 1. The van der Waals surface area contributed by atoms with E-state index in [1.807, 2.05) is 0 Å². The monoisotopic (exact) mass is 507 g/mol. The van der Waals surface area contributed by atoms with Gasteiger partial charge in [-0.05, 0) is 38.8 Å². The van der Waals surface area contributed by atoms with Gasteiger partial charge in [0.1, 0.15) is 5.82 Å². The van der Waals surface area contributed by atoms with Gasteiger partial charge in [-0.1, -0.05) is 0 Å². The third-order valence-corrected chi connectivity index (χ3v) is 5.61. The Morgan fingerprint density at radius 3 is 2.26 bits per heavy atom. The second kappa shape index (κ2) is 9.38. The molecule has 0 unspecified atom stereocenters. The molecule has 2 aromatic rings. The Bertz CT molecular complexity index is 1130. The molecule has 1 aliphatic heterocycles. The van der Waals surface area contributed by atoms with E-state index in [1.165, 1.54) is 4.90 Å². The molecule has 35 heavy (non-hydrogen) atoms. The first-order valence-electron chi connectivity index (χ1n) is 10.5. The molecule has 0 bridgehead atoms. The van der Waals surface area contributed by atoms with Crippen molar-refractivity contribution in [2.24, 2.45) is 0 Å². The minimum atomic E-state index is -4.72. The van der Waals surface area contributed by atoms with Gasteiger partial charge in [-0.15, -0.1) is 10.2 Å². The van der Waals surface area contributed by atoms with Gasteiger partial charge >= 0.3 is 12.3 Å². The van der Waals surface area contributed by atoms with E-state index in [0.717, 1.165) is 9.47 Å². The molecule has 0 radical (unpaired) electrons. The van der Waals surface area contributed by atoms with E-state index in [-0.39, 0.29) is 31.0 Å². The summed E-state index contributed by atoms with van der Waals surface area (Å²) < 4.78 is 81.5. The predicted octanol–water partition coefficient (Wildman–Crippen LogP) is 3.84. The molecule has 2 heterocycles. The van der Waals surface area contributed by atoms with E-state index in [4.69, 9.17) is 0 Å². The molecular weight excluding hydrogens is 484 g/mol. The number of halogens is 6. The number of nitrogens with zero attached hydrogens (tertiary/aromatic N) is 5. The lowest BCUT2D eigenvalue weighted by molar-refractivity contribution is -0.148. The molecule has 14 heteroatoms. The zero-order valence-electron chi connectivity index (χ0n) is 19.0. The average Bonchev–Trinajstić information content (AvgIpc) is 3.14. The first-order valence-corrected chi connectivity index (χ1v) is 10.5. The van der Waals surface area contributed by atoms with Gasteiger partial charge in [-0.3, -0.25) is 9.69 Å². The number of hydrogen-bond donors (Lipinski definition) is 1. The van der Waals surface area contributed by atoms with Crippen molar-refractivity contribution in [3.05, 3.63) is 46.8 Å². The fourth-order valence-corrected chi connectivity index (χ4v) is 4.13. The highest BCUT2D eigenvalue weighted by molar-refractivity contribution is 5.78. The lowest BCUT2D eigenvalue weighted by atomic mass is 9.95. The highest BCUT2D eigenvalue weighted by atomic mass is 19.4. The molecule has 8 nitrogen and oxygen atoms in total. The van der Waals surface area contributed by atoms with E-state index in [2.05, 4.69) is 10.2 Å². The van der Waals surface area contributed by atoms with Crippen molar-refractivity contribution in [1.29, 1.82) is 0 Å². The Morgan fingerprint density at radius 1 is 1.06 bits per heavy atom. The maximum atomic E-state index is 14.3. The number of carboxylic acid groups (broad SMARTS) is 1. The van der Waals surface area contributed by atoms with Gasteiger partial charge in [-0.2, -0.15) is 13.2 Å². The van der Waals surface area contributed by atoms with Gasteiger partial charge < -0.3 is 14.6 Å². The zero-order valence-corrected chi connectivity index (χ0v) is 19.0. The topological polar surface area (TPSA) is 91.6 Å². The third kappa shape index (κ3) is 5.68. The van der Waals surface area contributed by atoms with Crippen molar-refractivity contribution in [3.63, 3.8) is 0 Å². The summed E-state index contributed by atoms with van der Waals surface area (Å²) in [7, 11) is 0. The zero-order chi connectivity index (χ0) is 26.3. The number of benzene rings is 1. The van der Waals surface area contributed by atoms with Crippen LogP contribution in [0, 0.1) is 17.5 Å². The summed E-state index contributed by atoms with van der Waals surface area (Å²) in [6, 6.07) is -0.251. The van der Waals surface area contributed by atoms with Crippen LogP contribution in [0.25, 0.3) is 0 Å². The maximum Gasteiger partial charge on any atom is 0.451 e. The smallest absolute Gasteiger partial charge is 0.451 e. The molecule has 1 atom stereocenters. The number of carbonyl (C=O) groups is 2. The van der Waals surface area contributed by atoms with Crippen LogP contribution in [-0.2, 0) is 30.5 Å². The molecule has 1 aromatic carbocycles. The molecular formula is C21H23F6N5O3.